The number of aromatic nitrogens is 4. The number of para-hydroxylation sites is 1. The molecule has 244 valence electrons. The maximum Gasteiger partial charge on any atom is 0.164 e. The lowest BCUT2D eigenvalue weighted by atomic mass is 9.98. The van der Waals surface area contributed by atoms with Crippen molar-refractivity contribution in [3.05, 3.63) is 181 Å². The van der Waals surface area contributed by atoms with E-state index < -0.39 is 0 Å². The monoisotopic (exact) mass is 669 g/mol. The molecule has 2 heterocycles. The Balaban J connectivity index is 1.32. The van der Waals surface area contributed by atoms with Crippen molar-refractivity contribution in [2.24, 2.45) is 0 Å². The van der Waals surface area contributed by atoms with E-state index in [1.54, 1.807) is 6.07 Å². The summed E-state index contributed by atoms with van der Waals surface area (Å²) in [4.78, 5) is 15.1. The molecule has 6 heteroatoms. The summed E-state index contributed by atoms with van der Waals surface area (Å²) in [5.41, 5.74) is 9.49. The minimum Gasteiger partial charge on any atom is -0.309 e. The van der Waals surface area contributed by atoms with E-state index in [0.717, 1.165) is 60.9 Å². The molecule has 5 nitrogen and oxygen atoms in total. The number of benzene rings is 7. The Labute approximate surface area is 299 Å². The maximum atomic E-state index is 14.8. The van der Waals surface area contributed by atoms with Crippen molar-refractivity contribution in [3.8, 4) is 68.2 Å². The summed E-state index contributed by atoms with van der Waals surface area (Å²) in [5, 5.41) is 11.8. The summed E-state index contributed by atoms with van der Waals surface area (Å²) >= 11 is 0. The first kappa shape index (κ1) is 30.8. The van der Waals surface area contributed by atoms with Gasteiger partial charge < -0.3 is 4.57 Å². The molecule has 0 aliphatic rings. The van der Waals surface area contributed by atoms with Gasteiger partial charge in [0.05, 0.1) is 22.7 Å². The SMILES string of the molecule is N#Cc1cccc(-c2ccc3c4ccccc4n(-c4ccc(-c5cccc(F)c5)c(-c5nc(-c6ccccc6)nc(-c6ccccc6)n5)c4)c3c2)c1. The van der Waals surface area contributed by atoms with Gasteiger partial charge in [-0.15, -0.1) is 0 Å². The molecule has 7 aromatic carbocycles. The smallest absolute Gasteiger partial charge is 0.164 e. The summed E-state index contributed by atoms with van der Waals surface area (Å²) in [7, 11) is 0. The first-order chi connectivity index (χ1) is 25.6. The fourth-order valence-electron chi connectivity index (χ4n) is 6.89. The van der Waals surface area contributed by atoms with Gasteiger partial charge >= 0.3 is 0 Å². The van der Waals surface area contributed by atoms with E-state index in [9.17, 15) is 9.65 Å². The van der Waals surface area contributed by atoms with Crippen molar-refractivity contribution in [2.45, 2.75) is 0 Å². The topological polar surface area (TPSA) is 67.4 Å². The predicted molar refractivity (Wildman–Crippen MR) is 206 cm³/mol. The maximum absolute atomic E-state index is 14.8. The molecule has 0 atom stereocenters. The number of halogens is 1. The number of nitriles is 1. The largest absolute Gasteiger partial charge is 0.309 e. The summed E-state index contributed by atoms with van der Waals surface area (Å²) in [6.07, 6.45) is 0. The molecular weight excluding hydrogens is 642 g/mol. The molecule has 52 heavy (non-hydrogen) atoms. The normalized spacial score (nSPS) is 11.2. The molecule has 0 aliphatic heterocycles. The summed E-state index contributed by atoms with van der Waals surface area (Å²) in [6, 6.07) is 57.2. The summed E-state index contributed by atoms with van der Waals surface area (Å²) in [6.45, 7) is 0. The summed E-state index contributed by atoms with van der Waals surface area (Å²) < 4.78 is 17.0. The minimum atomic E-state index is -0.325. The zero-order valence-electron chi connectivity index (χ0n) is 27.8. The van der Waals surface area contributed by atoms with Crippen molar-refractivity contribution in [2.75, 3.05) is 0 Å². The van der Waals surface area contributed by atoms with E-state index in [-0.39, 0.29) is 5.82 Å². The first-order valence-electron chi connectivity index (χ1n) is 16.9. The molecule has 9 rings (SSSR count). The number of hydrogen-bond donors (Lipinski definition) is 0. The average Bonchev–Trinajstić information content (AvgIpc) is 3.55. The lowest BCUT2D eigenvalue weighted by Gasteiger charge is -2.16. The highest BCUT2D eigenvalue weighted by Gasteiger charge is 2.19. The van der Waals surface area contributed by atoms with Crippen LogP contribution in [-0.4, -0.2) is 19.5 Å². The predicted octanol–water partition coefficient (Wildman–Crippen LogP) is 11.3. The lowest BCUT2D eigenvalue weighted by Crippen LogP contribution is -2.02. The molecule has 9 aromatic rings. The van der Waals surface area contributed by atoms with Crippen LogP contribution in [0.25, 0.3) is 83.9 Å². The van der Waals surface area contributed by atoms with Crippen LogP contribution in [0.5, 0.6) is 0 Å². The highest BCUT2D eigenvalue weighted by molar-refractivity contribution is 6.10. The van der Waals surface area contributed by atoms with Gasteiger partial charge in [-0.05, 0) is 70.8 Å². The molecule has 0 radical (unpaired) electrons. The second kappa shape index (κ2) is 12.9. The molecule has 2 aromatic heterocycles. The number of fused-ring (bicyclic) bond motifs is 3. The third-order valence-corrected chi connectivity index (χ3v) is 9.34. The molecule has 0 spiro atoms. The fourth-order valence-corrected chi connectivity index (χ4v) is 6.89. The van der Waals surface area contributed by atoms with Crippen molar-refractivity contribution in [3.63, 3.8) is 0 Å². The number of rotatable bonds is 6. The van der Waals surface area contributed by atoms with Gasteiger partial charge in [0.25, 0.3) is 0 Å². The van der Waals surface area contributed by atoms with Crippen LogP contribution >= 0.6 is 0 Å². The van der Waals surface area contributed by atoms with Crippen molar-refractivity contribution in [1.29, 1.82) is 5.26 Å². The van der Waals surface area contributed by atoms with E-state index in [2.05, 4.69) is 59.2 Å². The van der Waals surface area contributed by atoms with E-state index in [1.807, 2.05) is 103 Å². The molecule has 0 aliphatic carbocycles. The fraction of sp³-hybridized carbons (Fsp3) is 0. The van der Waals surface area contributed by atoms with Crippen LogP contribution in [0, 0.1) is 17.1 Å². The van der Waals surface area contributed by atoms with E-state index in [1.165, 1.54) is 12.1 Å². The van der Waals surface area contributed by atoms with Gasteiger partial charge in [-0.25, -0.2) is 19.3 Å². The Bertz CT molecular complexity index is 2760. The second-order valence-corrected chi connectivity index (χ2v) is 12.6. The van der Waals surface area contributed by atoms with Crippen LogP contribution in [0.3, 0.4) is 0 Å². The van der Waals surface area contributed by atoms with Gasteiger partial charge in [0.1, 0.15) is 5.82 Å². The van der Waals surface area contributed by atoms with Gasteiger partial charge in [-0.2, -0.15) is 5.26 Å². The Morgan fingerprint density at radius 1 is 0.442 bits per heavy atom. The van der Waals surface area contributed by atoms with Crippen molar-refractivity contribution in [1.82, 2.24) is 19.5 Å². The highest BCUT2D eigenvalue weighted by atomic mass is 19.1. The molecule has 0 fully saturated rings. The second-order valence-electron chi connectivity index (χ2n) is 12.6. The Kier molecular flexibility index (Phi) is 7.64. The van der Waals surface area contributed by atoms with Crippen molar-refractivity contribution < 1.29 is 4.39 Å². The number of hydrogen-bond acceptors (Lipinski definition) is 4. The third kappa shape index (κ3) is 5.57. The molecule has 0 unspecified atom stereocenters. The van der Waals surface area contributed by atoms with Crippen LogP contribution in [0.15, 0.2) is 170 Å². The molecular formula is C46H28FN5. The van der Waals surface area contributed by atoms with Gasteiger partial charge in [-0.1, -0.05) is 121 Å². The first-order valence-corrected chi connectivity index (χ1v) is 16.9. The lowest BCUT2D eigenvalue weighted by molar-refractivity contribution is 0.628. The zero-order chi connectivity index (χ0) is 35.0. The van der Waals surface area contributed by atoms with Crippen LogP contribution in [-0.2, 0) is 0 Å². The average molecular weight is 670 g/mol. The van der Waals surface area contributed by atoms with E-state index in [0.29, 0.717) is 28.6 Å². The molecule has 0 saturated carbocycles. The van der Waals surface area contributed by atoms with Gasteiger partial charge in [0.2, 0.25) is 0 Å². The van der Waals surface area contributed by atoms with Gasteiger partial charge in [0, 0.05) is 33.2 Å². The van der Waals surface area contributed by atoms with Crippen LogP contribution in [0.4, 0.5) is 4.39 Å². The Morgan fingerprint density at radius 3 is 1.79 bits per heavy atom. The standard InChI is InChI=1S/C46H28FN5/c47-36-18-10-17-35(26-36)38-24-22-37(28-41(38)46-50-44(31-12-3-1-4-13-31)49-45(51-46)32-14-5-2-6-15-32)52-42-20-8-7-19-39(42)40-23-21-34(27-43(40)52)33-16-9-11-30(25-33)29-48/h1-28H. The molecule has 0 amide bonds. The summed E-state index contributed by atoms with van der Waals surface area (Å²) in [5.74, 6) is 1.24. The van der Waals surface area contributed by atoms with Gasteiger partial charge in [-0.3, -0.25) is 0 Å². The molecule has 0 bridgehead atoms. The molecule has 0 N–H and O–H groups in total. The van der Waals surface area contributed by atoms with Crippen molar-refractivity contribution >= 4 is 21.8 Å². The minimum absolute atomic E-state index is 0.325. The number of nitrogens with zero attached hydrogens (tertiary/aromatic N) is 5. The van der Waals surface area contributed by atoms with E-state index >= 15 is 0 Å². The van der Waals surface area contributed by atoms with Crippen LogP contribution in [0.1, 0.15) is 5.56 Å². The Morgan fingerprint density at radius 2 is 1.06 bits per heavy atom. The van der Waals surface area contributed by atoms with Crippen LogP contribution in [0.2, 0.25) is 0 Å². The van der Waals surface area contributed by atoms with E-state index in [4.69, 9.17) is 15.0 Å². The highest BCUT2D eigenvalue weighted by Crippen LogP contribution is 2.39. The van der Waals surface area contributed by atoms with Gasteiger partial charge in [0.15, 0.2) is 17.5 Å². The Hall–Kier alpha value is -7.23. The molecule has 0 saturated heterocycles. The zero-order valence-corrected chi connectivity index (χ0v) is 27.8. The third-order valence-electron chi connectivity index (χ3n) is 9.34. The van der Waals surface area contributed by atoms with Crippen LogP contribution < -0.4 is 0 Å². The quantitative estimate of drug-likeness (QED) is 0.177.